The standard InChI is InChI=1S/C24H19FN6O2S2/c1-14-11-12-26-24(29-14)31-35(32,33)19-9-7-18(8-10-19)30-22-21-20(16-3-5-17(25)6-4-16)15(2)34-23(21)28-13-27-22/h3-13H,1-2H3,(H,26,29,31)(H,27,28,30). The zero-order valence-electron chi connectivity index (χ0n) is 18.7. The van der Waals surface area contributed by atoms with Crippen molar-refractivity contribution in [3.8, 4) is 11.1 Å². The Bertz CT molecular complexity index is 1640. The van der Waals surface area contributed by atoms with Crippen LogP contribution in [0.25, 0.3) is 21.3 Å². The predicted octanol–water partition coefficient (Wildman–Crippen LogP) is 5.45. The minimum atomic E-state index is -3.85. The number of rotatable bonds is 6. The van der Waals surface area contributed by atoms with Crippen LogP contribution in [0.2, 0.25) is 0 Å². The highest BCUT2D eigenvalue weighted by Gasteiger charge is 2.18. The SMILES string of the molecule is Cc1ccnc(NS(=O)(=O)c2ccc(Nc3ncnc4sc(C)c(-c5ccc(F)cc5)c34)cc2)n1. The normalized spacial score (nSPS) is 11.5. The monoisotopic (exact) mass is 506 g/mol. The molecule has 5 aromatic rings. The van der Waals surface area contributed by atoms with Gasteiger partial charge in [-0.2, -0.15) is 0 Å². The molecule has 2 N–H and O–H groups in total. The molecule has 8 nitrogen and oxygen atoms in total. The number of nitrogens with one attached hydrogen (secondary N) is 2. The van der Waals surface area contributed by atoms with Crippen molar-refractivity contribution >= 4 is 49.0 Å². The Balaban J connectivity index is 1.45. The lowest BCUT2D eigenvalue weighted by Gasteiger charge is -2.11. The van der Waals surface area contributed by atoms with Gasteiger partial charge in [-0.05, 0) is 61.9 Å². The maximum atomic E-state index is 13.5. The number of benzene rings is 2. The van der Waals surface area contributed by atoms with Gasteiger partial charge in [0.1, 0.15) is 22.8 Å². The Morgan fingerprint density at radius 1 is 0.914 bits per heavy atom. The molecule has 2 aromatic carbocycles. The van der Waals surface area contributed by atoms with E-state index in [1.807, 2.05) is 6.92 Å². The molecule has 0 atom stereocenters. The van der Waals surface area contributed by atoms with Gasteiger partial charge in [-0.3, -0.25) is 0 Å². The summed E-state index contributed by atoms with van der Waals surface area (Å²) in [5.74, 6) is 0.274. The van der Waals surface area contributed by atoms with Crippen LogP contribution in [0.1, 0.15) is 10.6 Å². The maximum absolute atomic E-state index is 13.5. The second-order valence-corrected chi connectivity index (χ2v) is 10.6. The molecule has 3 aromatic heterocycles. The van der Waals surface area contributed by atoms with Crippen LogP contribution >= 0.6 is 11.3 Å². The number of halogens is 1. The van der Waals surface area contributed by atoms with E-state index in [1.54, 1.807) is 37.3 Å². The van der Waals surface area contributed by atoms with E-state index < -0.39 is 10.0 Å². The third kappa shape index (κ3) is 4.68. The van der Waals surface area contributed by atoms with Crippen LogP contribution in [0.15, 0.2) is 72.0 Å². The van der Waals surface area contributed by atoms with Crippen LogP contribution in [0.4, 0.5) is 21.8 Å². The number of anilines is 3. The zero-order valence-corrected chi connectivity index (χ0v) is 20.3. The van der Waals surface area contributed by atoms with E-state index in [0.717, 1.165) is 26.2 Å². The highest BCUT2D eigenvalue weighted by molar-refractivity contribution is 7.92. The van der Waals surface area contributed by atoms with E-state index in [9.17, 15) is 12.8 Å². The fourth-order valence-corrected chi connectivity index (χ4v) is 5.60. The summed E-state index contributed by atoms with van der Waals surface area (Å²) < 4.78 is 41.3. The second kappa shape index (κ2) is 9.01. The number of fused-ring (bicyclic) bond motifs is 1. The first-order valence-corrected chi connectivity index (χ1v) is 12.8. The van der Waals surface area contributed by atoms with Crippen molar-refractivity contribution in [2.75, 3.05) is 10.0 Å². The number of thiophene rings is 1. The van der Waals surface area contributed by atoms with Crippen molar-refractivity contribution in [1.29, 1.82) is 0 Å². The van der Waals surface area contributed by atoms with E-state index in [-0.39, 0.29) is 16.7 Å². The molecule has 176 valence electrons. The molecule has 0 aliphatic heterocycles. The van der Waals surface area contributed by atoms with Gasteiger partial charge in [-0.1, -0.05) is 12.1 Å². The van der Waals surface area contributed by atoms with Crippen molar-refractivity contribution in [1.82, 2.24) is 19.9 Å². The second-order valence-electron chi connectivity index (χ2n) is 7.72. The van der Waals surface area contributed by atoms with Gasteiger partial charge < -0.3 is 5.32 Å². The van der Waals surface area contributed by atoms with E-state index in [2.05, 4.69) is 30.0 Å². The maximum Gasteiger partial charge on any atom is 0.264 e. The molecular weight excluding hydrogens is 487 g/mol. The first kappa shape index (κ1) is 22.8. The van der Waals surface area contributed by atoms with Crippen LogP contribution in [-0.4, -0.2) is 28.4 Å². The molecule has 0 aliphatic carbocycles. The van der Waals surface area contributed by atoms with Gasteiger partial charge in [0.25, 0.3) is 10.0 Å². The third-order valence-electron chi connectivity index (χ3n) is 5.25. The average molecular weight is 507 g/mol. The molecule has 0 bridgehead atoms. The summed E-state index contributed by atoms with van der Waals surface area (Å²) in [7, 11) is -3.85. The summed E-state index contributed by atoms with van der Waals surface area (Å²) in [6.45, 7) is 3.74. The molecular formula is C24H19FN6O2S2. The lowest BCUT2D eigenvalue weighted by molar-refractivity contribution is 0.601. The Hall–Kier alpha value is -3.96. The summed E-state index contributed by atoms with van der Waals surface area (Å²) in [5, 5.41) is 4.08. The first-order chi connectivity index (χ1) is 16.8. The molecule has 0 aliphatic rings. The van der Waals surface area contributed by atoms with Gasteiger partial charge in [-0.25, -0.2) is 37.5 Å². The molecule has 0 radical (unpaired) electrons. The third-order valence-corrected chi connectivity index (χ3v) is 7.60. The number of sulfonamides is 1. The van der Waals surface area contributed by atoms with E-state index in [4.69, 9.17) is 0 Å². The highest BCUT2D eigenvalue weighted by Crippen LogP contribution is 2.41. The molecule has 5 rings (SSSR count). The molecule has 0 saturated heterocycles. The molecule has 0 amide bonds. The quantitative estimate of drug-likeness (QED) is 0.315. The summed E-state index contributed by atoms with van der Waals surface area (Å²) in [5.41, 5.74) is 3.08. The predicted molar refractivity (Wildman–Crippen MR) is 135 cm³/mol. The molecule has 0 fully saturated rings. The van der Waals surface area contributed by atoms with E-state index >= 15 is 0 Å². The van der Waals surface area contributed by atoms with E-state index in [1.165, 1.54) is 48.1 Å². The van der Waals surface area contributed by atoms with Gasteiger partial charge in [0.05, 0.1) is 10.3 Å². The fraction of sp³-hybridized carbons (Fsp3) is 0.0833. The largest absolute Gasteiger partial charge is 0.340 e. The van der Waals surface area contributed by atoms with Gasteiger partial charge in [0, 0.05) is 28.0 Å². The fourth-order valence-electron chi connectivity index (χ4n) is 3.63. The smallest absolute Gasteiger partial charge is 0.264 e. The van der Waals surface area contributed by atoms with Crippen LogP contribution in [0.3, 0.4) is 0 Å². The summed E-state index contributed by atoms with van der Waals surface area (Å²) in [6.07, 6.45) is 2.96. The van der Waals surface area contributed by atoms with Crippen molar-refractivity contribution in [2.24, 2.45) is 0 Å². The lowest BCUT2D eigenvalue weighted by Crippen LogP contribution is -2.15. The van der Waals surface area contributed by atoms with Crippen molar-refractivity contribution in [2.45, 2.75) is 18.7 Å². The zero-order chi connectivity index (χ0) is 24.6. The summed E-state index contributed by atoms with van der Waals surface area (Å²) >= 11 is 1.53. The molecule has 35 heavy (non-hydrogen) atoms. The molecule has 0 saturated carbocycles. The number of hydrogen-bond donors (Lipinski definition) is 2. The van der Waals surface area contributed by atoms with Crippen LogP contribution in [0, 0.1) is 19.7 Å². The summed E-state index contributed by atoms with van der Waals surface area (Å²) in [6, 6.07) is 14.2. The number of nitrogens with zero attached hydrogens (tertiary/aromatic N) is 4. The van der Waals surface area contributed by atoms with Gasteiger partial charge >= 0.3 is 0 Å². The first-order valence-electron chi connectivity index (χ1n) is 10.5. The number of aromatic nitrogens is 4. The van der Waals surface area contributed by atoms with Gasteiger partial charge in [0.15, 0.2) is 0 Å². The topological polar surface area (TPSA) is 110 Å². The van der Waals surface area contributed by atoms with Gasteiger partial charge in [0.2, 0.25) is 5.95 Å². The number of aryl methyl sites for hydroxylation is 2. The molecule has 11 heteroatoms. The van der Waals surface area contributed by atoms with Gasteiger partial charge in [-0.15, -0.1) is 11.3 Å². The Kier molecular flexibility index (Phi) is 5.87. The van der Waals surface area contributed by atoms with Crippen LogP contribution < -0.4 is 10.0 Å². The van der Waals surface area contributed by atoms with E-state index in [0.29, 0.717) is 17.2 Å². The highest BCUT2D eigenvalue weighted by atomic mass is 32.2. The Morgan fingerprint density at radius 3 is 2.37 bits per heavy atom. The van der Waals surface area contributed by atoms with Crippen LogP contribution in [0.5, 0.6) is 0 Å². The molecule has 0 unspecified atom stereocenters. The minimum Gasteiger partial charge on any atom is -0.340 e. The van der Waals surface area contributed by atoms with Crippen molar-refractivity contribution in [3.05, 3.63) is 83.5 Å². The summed E-state index contributed by atoms with van der Waals surface area (Å²) in [4.78, 5) is 18.7. The lowest BCUT2D eigenvalue weighted by atomic mass is 10.0. The van der Waals surface area contributed by atoms with Crippen molar-refractivity contribution < 1.29 is 12.8 Å². The number of hydrogen-bond acceptors (Lipinski definition) is 8. The Labute approximate surface area is 205 Å². The molecule has 0 spiro atoms. The Morgan fingerprint density at radius 2 is 1.66 bits per heavy atom. The van der Waals surface area contributed by atoms with Crippen molar-refractivity contribution in [3.63, 3.8) is 0 Å². The van der Waals surface area contributed by atoms with Crippen LogP contribution in [-0.2, 0) is 10.0 Å². The minimum absolute atomic E-state index is 0.0109. The average Bonchev–Trinajstić information content (AvgIpc) is 3.16. The molecule has 3 heterocycles.